The predicted octanol–water partition coefficient (Wildman–Crippen LogP) is -0.879. The van der Waals surface area contributed by atoms with Crippen LogP contribution in [0.3, 0.4) is 0 Å². The molecule has 4 amide bonds. The van der Waals surface area contributed by atoms with Gasteiger partial charge in [0.1, 0.15) is 24.6 Å². The molecule has 3 heterocycles. The van der Waals surface area contributed by atoms with Crippen LogP contribution in [0.25, 0.3) is 0 Å². The van der Waals surface area contributed by atoms with Gasteiger partial charge in [-0.25, -0.2) is 9.97 Å². The number of hydrogen-bond donors (Lipinski definition) is 4. The van der Waals surface area contributed by atoms with E-state index in [1.165, 1.54) is 24.9 Å². The van der Waals surface area contributed by atoms with Crippen molar-refractivity contribution in [1.82, 2.24) is 45.3 Å². The number of likely N-dealkylation sites (tertiary alicyclic amines) is 1. The molecule has 1 aliphatic carbocycles. The molecule has 15 nitrogen and oxygen atoms in total. The zero-order chi connectivity index (χ0) is 29.0. The lowest BCUT2D eigenvalue weighted by Crippen LogP contribution is -2.53. The first kappa shape index (κ1) is 32.2. The number of nitrogens with one attached hydrogen (secondary N) is 3. The average Bonchev–Trinajstić information content (AvgIpc) is 3.69. The van der Waals surface area contributed by atoms with Crippen molar-refractivity contribution in [3.63, 3.8) is 0 Å². The predicted molar refractivity (Wildman–Crippen MR) is 155 cm³/mol. The maximum absolute atomic E-state index is 13.7. The van der Waals surface area contributed by atoms with Crippen LogP contribution in [0, 0.1) is 5.92 Å². The van der Waals surface area contributed by atoms with E-state index < -0.39 is 17.9 Å². The third kappa shape index (κ3) is 9.98. The molecule has 0 radical (unpaired) electrons. The normalized spacial score (nSPS) is 17.1. The number of hydrogen-bond acceptors (Lipinski definition) is 9. The molecule has 0 aromatic carbocycles. The lowest BCUT2D eigenvalue weighted by atomic mass is 9.98. The fraction of sp³-hybridized carbons (Fsp3) is 0.538. The highest BCUT2D eigenvalue weighted by Gasteiger charge is 2.37. The van der Waals surface area contributed by atoms with Crippen LogP contribution in [0.2, 0.25) is 0 Å². The molecule has 2 aromatic heterocycles. The first-order valence-corrected chi connectivity index (χ1v) is 13.8. The zero-order valence-electron chi connectivity index (χ0n) is 23.3. The summed E-state index contributed by atoms with van der Waals surface area (Å²) in [6, 6.07) is -1.07. The maximum Gasteiger partial charge on any atom is 0.271 e. The van der Waals surface area contributed by atoms with Crippen LogP contribution >= 0.6 is 12.4 Å². The van der Waals surface area contributed by atoms with Crippen LogP contribution in [0.15, 0.2) is 42.4 Å². The van der Waals surface area contributed by atoms with E-state index in [1.54, 1.807) is 28.2 Å². The van der Waals surface area contributed by atoms with Crippen molar-refractivity contribution in [3.05, 3.63) is 43.0 Å². The number of piperidine rings is 1. The van der Waals surface area contributed by atoms with Crippen molar-refractivity contribution in [1.29, 1.82) is 0 Å². The highest BCUT2D eigenvalue weighted by Crippen LogP contribution is 2.27. The van der Waals surface area contributed by atoms with Gasteiger partial charge in [-0.3, -0.25) is 24.2 Å². The molecule has 0 unspecified atom stereocenters. The summed E-state index contributed by atoms with van der Waals surface area (Å²) < 4.78 is 1.58. The molecule has 0 spiro atoms. The highest BCUT2D eigenvalue weighted by molar-refractivity contribution is 5.93. The Morgan fingerprint density at radius 3 is 2.64 bits per heavy atom. The van der Waals surface area contributed by atoms with E-state index in [4.69, 9.17) is 5.84 Å². The lowest BCUT2D eigenvalue weighted by molar-refractivity contribution is -0.139. The Morgan fingerprint density at radius 1 is 1.12 bits per heavy atom. The summed E-state index contributed by atoms with van der Waals surface area (Å²) in [5.74, 6) is 3.99. The molecule has 2 aromatic rings. The second-order valence-electron chi connectivity index (χ2n) is 10.2. The fourth-order valence-corrected chi connectivity index (χ4v) is 4.82. The Hall–Kier alpha value is -4.27. The summed E-state index contributed by atoms with van der Waals surface area (Å²) in [5, 5.41) is 12.0. The van der Waals surface area contributed by atoms with E-state index in [2.05, 4.69) is 36.0 Å². The molecule has 16 heteroatoms. The molecule has 0 bridgehead atoms. The van der Waals surface area contributed by atoms with Crippen LogP contribution < -0.4 is 21.8 Å². The largest absolute Gasteiger partial charge is 0.361 e. The van der Waals surface area contributed by atoms with Crippen molar-refractivity contribution in [3.8, 4) is 0 Å². The topological polar surface area (TPSA) is 193 Å². The van der Waals surface area contributed by atoms with Crippen LogP contribution in [0.1, 0.15) is 42.6 Å². The van der Waals surface area contributed by atoms with Crippen LogP contribution in [0.4, 0.5) is 0 Å². The monoisotopic (exact) mass is 603 g/mol. The van der Waals surface area contributed by atoms with E-state index in [0.717, 1.165) is 38.8 Å². The highest BCUT2D eigenvalue weighted by atomic mass is 35.5. The van der Waals surface area contributed by atoms with Crippen molar-refractivity contribution in [2.45, 2.75) is 50.7 Å². The van der Waals surface area contributed by atoms with Gasteiger partial charge < -0.3 is 36.2 Å². The van der Waals surface area contributed by atoms with E-state index in [1.807, 2.05) is 4.90 Å². The SMILES string of the molecule is Cl.NN=CN1CCC[C@@H](CNC(=O)C[C@H](NC(=O)Cn2ccnc2)C(=O)N(CCNC(=O)c2cnccn2)C2CC2)C1. The van der Waals surface area contributed by atoms with Gasteiger partial charge in [-0.1, -0.05) is 0 Å². The Morgan fingerprint density at radius 2 is 1.95 bits per heavy atom. The van der Waals surface area contributed by atoms with E-state index in [-0.39, 0.29) is 67.9 Å². The first-order valence-electron chi connectivity index (χ1n) is 13.8. The molecule has 42 heavy (non-hydrogen) atoms. The number of imidazole rings is 1. The molecule has 2 atom stereocenters. The molecule has 1 aliphatic heterocycles. The molecule has 1 saturated heterocycles. The number of rotatable bonds is 14. The fourth-order valence-electron chi connectivity index (χ4n) is 4.82. The molecule has 228 valence electrons. The number of carbonyl (C=O) groups excluding carboxylic acids is 4. The Bertz CT molecular complexity index is 1190. The van der Waals surface area contributed by atoms with Gasteiger partial charge in [0.25, 0.3) is 5.91 Å². The zero-order valence-corrected chi connectivity index (χ0v) is 24.1. The summed E-state index contributed by atoms with van der Waals surface area (Å²) in [6.07, 6.45) is 13.9. The quantitative estimate of drug-likeness (QED) is 0.0918. The number of aromatic nitrogens is 4. The second kappa shape index (κ2) is 16.2. The number of nitrogens with two attached hydrogens (primary N) is 1. The molecule has 5 N–H and O–H groups in total. The molecule has 4 rings (SSSR count). The first-order chi connectivity index (χ1) is 19.9. The molecule has 2 fully saturated rings. The summed E-state index contributed by atoms with van der Waals surface area (Å²) in [6.45, 7) is 2.40. The summed E-state index contributed by atoms with van der Waals surface area (Å²) in [4.78, 5) is 67.3. The smallest absolute Gasteiger partial charge is 0.271 e. The minimum atomic E-state index is -1.06. The van der Waals surface area contributed by atoms with Gasteiger partial charge in [0.05, 0.1) is 18.9 Å². The Kier molecular flexibility index (Phi) is 12.5. The van der Waals surface area contributed by atoms with Crippen molar-refractivity contribution in [2.75, 3.05) is 32.7 Å². The molecule has 1 saturated carbocycles. The lowest BCUT2D eigenvalue weighted by Gasteiger charge is -2.31. The maximum atomic E-state index is 13.7. The molecular weight excluding hydrogens is 566 g/mol. The van der Waals surface area contributed by atoms with Crippen molar-refractivity contribution < 1.29 is 19.2 Å². The van der Waals surface area contributed by atoms with Gasteiger partial charge in [0.2, 0.25) is 17.7 Å². The minimum absolute atomic E-state index is 0. The average molecular weight is 604 g/mol. The van der Waals surface area contributed by atoms with Gasteiger partial charge in [0, 0.05) is 63.6 Å². The third-order valence-electron chi connectivity index (χ3n) is 6.98. The molecule has 2 aliphatic rings. The Balaban J connectivity index is 0.00000484. The number of amides is 4. The summed E-state index contributed by atoms with van der Waals surface area (Å²) >= 11 is 0. The minimum Gasteiger partial charge on any atom is -0.361 e. The standard InChI is InChI=1S/C26H37N11O4.ClH/c27-33-18-35-9-1-2-19(15-35)13-32-23(38)12-21(34-24(39)16-36-10-7-29-17-36)26(41)37(20-3-4-20)11-8-31-25(40)22-14-28-5-6-30-22;/h5-7,10,14,17-21H,1-4,8-9,11-13,15-16,27H2,(H,31,40)(H,32,38)(H,34,39);1H/t19-,21-;/m0./s1. The molecular formula is C26H38ClN11O4. The van der Waals surface area contributed by atoms with Crippen LogP contribution in [0.5, 0.6) is 0 Å². The van der Waals surface area contributed by atoms with Gasteiger partial charge >= 0.3 is 0 Å². The van der Waals surface area contributed by atoms with E-state index in [0.29, 0.717) is 6.54 Å². The number of halogens is 1. The van der Waals surface area contributed by atoms with Crippen molar-refractivity contribution >= 4 is 42.4 Å². The number of hydrazone groups is 1. The van der Waals surface area contributed by atoms with E-state index >= 15 is 0 Å². The van der Waals surface area contributed by atoms with E-state index in [9.17, 15) is 19.2 Å². The van der Waals surface area contributed by atoms with Crippen molar-refractivity contribution in [2.24, 2.45) is 16.9 Å². The second-order valence-corrected chi connectivity index (χ2v) is 10.2. The summed E-state index contributed by atoms with van der Waals surface area (Å²) in [7, 11) is 0. The number of carbonyl (C=O) groups is 4. The van der Waals surface area contributed by atoms with Crippen LogP contribution in [-0.2, 0) is 20.9 Å². The van der Waals surface area contributed by atoms with Gasteiger partial charge in [0.15, 0.2) is 0 Å². The van der Waals surface area contributed by atoms with Gasteiger partial charge in [-0.15, -0.1) is 12.4 Å². The van der Waals surface area contributed by atoms with Gasteiger partial charge in [-0.05, 0) is 31.6 Å². The third-order valence-corrected chi connectivity index (χ3v) is 6.98. The number of nitrogens with zero attached hydrogens (tertiary/aromatic N) is 7. The summed E-state index contributed by atoms with van der Waals surface area (Å²) in [5.41, 5.74) is 0.175. The Labute approximate surface area is 250 Å². The van der Waals surface area contributed by atoms with Crippen LogP contribution in [-0.4, -0.2) is 104 Å². The van der Waals surface area contributed by atoms with Gasteiger partial charge in [-0.2, -0.15) is 5.10 Å².